The average Bonchev–Trinajstić information content (AvgIpc) is 2.82. The average molecular weight is 257 g/mol. The number of hydrogen-bond donors (Lipinski definition) is 1. The van der Waals surface area contributed by atoms with E-state index in [0.29, 0.717) is 19.3 Å². The lowest BCUT2D eigenvalue weighted by atomic mass is 10.3. The molecule has 1 aromatic heterocycles. The van der Waals surface area contributed by atoms with Gasteiger partial charge in [0.15, 0.2) is 0 Å². The monoisotopic (exact) mass is 257 g/mol. The first kappa shape index (κ1) is 14.2. The van der Waals surface area contributed by atoms with Crippen molar-refractivity contribution in [2.75, 3.05) is 26.4 Å². The molecule has 17 heavy (non-hydrogen) atoms. The van der Waals surface area contributed by atoms with E-state index in [4.69, 9.17) is 9.47 Å². The standard InChI is InChI=1S/C12H19NO3S/c1-3-16-12(14)9-15-7-6-13-10(2)11-5-4-8-17-11/h4-5,8,10,13H,3,6-7,9H2,1-2H3. The Kier molecular flexibility index (Phi) is 6.84. The fraction of sp³-hybridized carbons (Fsp3) is 0.583. The molecule has 0 aliphatic heterocycles. The number of nitrogens with one attached hydrogen (secondary N) is 1. The van der Waals surface area contributed by atoms with E-state index < -0.39 is 0 Å². The van der Waals surface area contributed by atoms with Gasteiger partial charge in [0, 0.05) is 17.5 Å². The minimum absolute atomic E-state index is 0.0307. The van der Waals surface area contributed by atoms with Crippen LogP contribution in [0.1, 0.15) is 24.8 Å². The lowest BCUT2D eigenvalue weighted by Crippen LogP contribution is -2.24. The zero-order valence-electron chi connectivity index (χ0n) is 10.3. The van der Waals surface area contributed by atoms with E-state index in [-0.39, 0.29) is 12.6 Å². The smallest absolute Gasteiger partial charge is 0.332 e. The zero-order valence-corrected chi connectivity index (χ0v) is 11.1. The first-order valence-electron chi connectivity index (χ1n) is 5.74. The normalized spacial score (nSPS) is 12.4. The molecule has 0 amide bonds. The first-order chi connectivity index (χ1) is 8.24. The molecule has 0 aliphatic carbocycles. The van der Waals surface area contributed by atoms with Gasteiger partial charge in [0.25, 0.3) is 0 Å². The molecule has 1 unspecified atom stereocenters. The SMILES string of the molecule is CCOC(=O)COCCNC(C)c1cccs1. The summed E-state index contributed by atoms with van der Waals surface area (Å²) in [6.45, 7) is 5.55. The Hall–Kier alpha value is -0.910. The molecule has 0 saturated carbocycles. The van der Waals surface area contributed by atoms with Crippen molar-refractivity contribution < 1.29 is 14.3 Å². The van der Waals surface area contributed by atoms with Crippen LogP contribution in [0.5, 0.6) is 0 Å². The molecule has 0 saturated heterocycles. The maximum absolute atomic E-state index is 11.0. The third-order valence-corrected chi connectivity index (χ3v) is 3.25. The Morgan fingerprint density at radius 2 is 2.41 bits per heavy atom. The number of carbonyl (C=O) groups is 1. The molecule has 0 radical (unpaired) electrons. The van der Waals surface area contributed by atoms with E-state index in [9.17, 15) is 4.79 Å². The maximum Gasteiger partial charge on any atom is 0.332 e. The Bertz CT molecular complexity index is 314. The highest BCUT2D eigenvalue weighted by atomic mass is 32.1. The molecular weight excluding hydrogens is 238 g/mol. The second kappa shape index (κ2) is 8.22. The summed E-state index contributed by atoms with van der Waals surface area (Å²) in [5, 5.41) is 5.38. The summed E-state index contributed by atoms with van der Waals surface area (Å²) in [6, 6.07) is 4.46. The van der Waals surface area contributed by atoms with Crippen LogP contribution in [0.2, 0.25) is 0 Å². The van der Waals surface area contributed by atoms with Crippen molar-refractivity contribution >= 4 is 17.3 Å². The number of rotatable bonds is 8. The van der Waals surface area contributed by atoms with Gasteiger partial charge in [-0.1, -0.05) is 6.07 Å². The number of ether oxygens (including phenoxy) is 2. The summed E-state index contributed by atoms with van der Waals surface area (Å²) in [5.41, 5.74) is 0. The maximum atomic E-state index is 11.0. The molecule has 1 heterocycles. The molecule has 0 bridgehead atoms. The van der Waals surface area contributed by atoms with E-state index in [2.05, 4.69) is 23.7 Å². The van der Waals surface area contributed by atoms with Crippen LogP contribution >= 0.6 is 11.3 Å². The Morgan fingerprint density at radius 3 is 3.06 bits per heavy atom. The second-order valence-corrected chi connectivity index (χ2v) is 4.53. The highest BCUT2D eigenvalue weighted by molar-refractivity contribution is 7.10. The molecule has 1 aromatic rings. The van der Waals surface area contributed by atoms with Crippen LogP contribution in [0.25, 0.3) is 0 Å². The number of carbonyl (C=O) groups excluding carboxylic acids is 1. The fourth-order valence-electron chi connectivity index (χ4n) is 1.34. The van der Waals surface area contributed by atoms with E-state index in [0.717, 1.165) is 6.54 Å². The molecule has 0 fully saturated rings. The van der Waals surface area contributed by atoms with Gasteiger partial charge in [-0.2, -0.15) is 0 Å². The van der Waals surface area contributed by atoms with Gasteiger partial charge in [-0.15, -0.1) is 11.3 Å². The molecule has 1 atom stereocenters. The van der Waals surface area contributed by atoms with Gasteiger partial charge in [0.2, 0.25) is 0 Å². The van der Waals surface area contributed by atoms with Crippen molar-refractivity contribution in [1.82, 2.24) is 5.32 Å². The molecule has 96 valence electrons. The minimum Gasteiger partial charge on any atom is -0.464 e. The van der Waals surface area contributed by atoms with Gasteiger partial charge in [0.05, 0.1) is 13.2 Å². The van der Waals surface area contributed by atoms with E-state index in [1.54, 1.807) is 18.3 Å². The van der Waals surface area contributed by atoms with Gasteiger partial charge < -0.3 is 14.8 Å². The summed E-state index contributed by atoms with van der Waals surface area (Å²) < 4.78 is 9.93. The van der Waals surface area contributed by atoms with Crippen molar-refractivity contribution in [3.8, 4) is 0 Å². The molecule has 5 heteroatoms. The Labute approximate surface area is 106 Å². The topological polar surface area (TPSA) is 47.6 Å². The predicted molar refractivity (Wildman–Crippen MR) is 68.2 cm³/mol. The summed E-state index contributed by atoms with van der Waals surface area (Å²) in [6.07, 6.45) is 0. The third kappa shape index (κ3) is 5.81. The van der Waals surface area contributed by atoms with Gasteiger partial charge >= 0.3 is 5.97 Å². The zero-order chi connectivity index (χ0) is 12.5. The highest BCUT2D eigenvalue weighted by Crippen LogP contribution is 2.17. The van der Waals surface area contributed by atoms with Crippen molar-refractivity contribution in [3.05, 3.63) is 22.4 Å². The van der Waals surface area contributed by atoms with Crippen LogP contribution in [0, 0.1) is 0 Å². The summed E-state index contributed by atoms with van der Waals surface area (Å²) >= 11 is 1.73. The van der Waals surface area contributed by atoms with E-state index in [1.807, 2.05) is 6.07 Å². The predicted octanol–water partition coefficient (Wildman–Crippen LogP) is 1.98. The van der Waals surface area contributed by atoms with Crippen LogP contribution < -0.4 is 5.32 Å². The van der Waals surface area contributed by atoms with Crippen LogP contribution in [-0.4, -0.2) is 32.3 Å². The Balaban J connectivity index is 2.03. The summed E-state index contributed by atoms with van der Waals surface area (Å²) in [5.74, 6) is -0.307. The lowest BCUT2D eigenvalue weighted by Gasteiger charge is -2.11. The molecule has 0 spiro atoms. The highest BCUT2D eigenvalue weighted by Gasteiger charge is 2.05. The van der Waals surface area contributed by atoms with Crippen LogP contribution in [0.3, 0.4) is 0 Å². The quantitative estimate of drug-likeness (QED) is 0.571. The largest absolute Gasteiger partial charge is 0.464 e. The molecule has 0 aliphatic rings. The number of thiophene rings is 1. The third-order valence-electron chi connectivity index (χ3n) is 2.19. The van der Waals surface area contributed by atoms with E-state index >= 15 is 0 Å². The van der Waals surface area contributed by atoms with Crippen LogP contribution in [-0.2, 0) is 14.3 Å². The van der Waals surface area contributed by atoms with Crippen molar-refractivity contribution in [3.63, 3.8) is 0 Å². The van der Waals surface area contributed by atoms with Crippen molar-refractivity contribution in [1.29, 1.82) is 0 Å². The van der Waals surface area contributed by atoms with Crippen molar-refractivity contribution in [2.45, 2.75) is 19.9 Å². The van der Waals surface area contributed by atoms with Crippen LogP contribution in [0.15, 0.2) is 17.5 Å². The summed E-state index contributed by atoms with van der Waals surface area (Å²) in [4.78, 5) is 12.3. The van der Waals surface area contributed by atoms with Crippen molar-refractivity contribution in [2.24, 2.45) is 0 Å². The summed E-state index contributed by atoms with van der Waals surface area (Å²) in [7, 11) is 0. The van der Waals surface area contributed by atoms with Crippen LogP contribution in [0.4, 0.5) is 0 Å². The lowest BCUT2D eigenvalue weighted by molar-refractivity contribution is -0.148. The molecule has 1 N–H and O–H groups in total. The minimum atomic E-state index is -0.307. The van der Waals surface area contributed by atoms with Gasteiger partial charge in [0.1, 0.15) is 6.61 Å². The molecule has 0 aromatic carbocycles. The van der Waals surface area contributed by atoms with Gasteiger partial charge in [-0.3, -0.25) is 0 Å². The number of esters is 1. The number of hydrogen-bond acceptors (Lipinski definition) is 5. The molecular formula is C12H19NO3S. The van der Waals surface area contributed by atoms with Gasteiger partial charge in [-0.05, 0) is 25.3 Å². The Morgan fingerprint density at radius 1 is 1.59 bits per heavy atom. The van der Waals surface area contributed by atoms with Gasteiger partial charge in [-0.25, -0.2) is 4.79 Å². The fourth-order valence-corrected chi connectivity index (χ4v) is 2.10. The first-order valence-corrected chi connectivity index (χ1v) is 6.62. The molecule has 1 rings (SSSR count). The molecule has 4 nitrogen and oxygen atoms in total. The second-order valence-electron chi connectivity index (χ2n) is 3.55. The van der Waals surface area contributed by atoms with E-state index in [1.165, 1.54) is 4.88 Å².